The number of nitrogens with zero attached hydrogens (tertiary/aromatic N) is 1. The summed E-state index contributed by atoms with van der Waals surface area (Å²) in [5.41, 5.74) is 1.53. The summed E-state index contributed by atoms with van der Waals surface area (Å²) in [6, 6.07) is 5.54. The Balaban J connectivity index is 1.94. The molecule has 1 aromatic carbocycles. The van der Waals surface area contributed by atoms with Gasteiger partial charge in [-0.3, -0.25) is 0 Å². The maximum absolute atomic E-state index is 12.8. The zero-order valence-electron chi connectivity index (χ0n) is 19.2. The Morgan fingerprint density at radius 2 is 1.85 bits per heavy atom. The third-order valence-electron chi connectivity index (χ3n) is 5.06. The second kappa shape index (κ2) is 10.2. The van der Waals surface area contributed by atoms with Crippen molar-refractivity contribution in [1.29, 1.82) is 0 Å². The molecule has 10 heteroatoms. The molecule has 10 nitrogen and oxygen atoms in total. The topological polar surface area (TPSA) is 129 Å². The highest BCUT2D eigenvalue weighted by molar-refractivity contribution is 5.96. The maximum Gasteiger partial charge on any atom is 0.344 e. The minimum absolute atomic E-state index is 0.0823. The van der Waals surface area contributed by atoms with Crippen molar-refractivity contribution in [3.63, 3.8) is 0 Å². The molecule has 1 aromatic heterocycles. The molecule has 0 fully saturated rings. The molecular formula is C23H27N3O7. The van der Waals surface area contributed by atoms with Crippen molar-refractivity contribution in [2.24, 2.45) is 0 Å². The number of amides is 2. The number of rotatable bonds is 8. The molecule has 1 aliphatic rings. The van der Waals surface area contributed by atoms with Crippen LogP contribution in [-0.2, 0) is 14.3 Å². The standard InChI is InChI=1S/C23H27N3O7/c1-6-31-22(28)18-16(11-32-21(27)17-13(4)26-33-20(17)12(2)3)24-23(29)25-19(18)14-7-9-15(30-5)10-8-14/h7-10,12,19H,6,11H2,1-5H3,(H2,24,25,29)/t19-/m1/s1. The fourth-order valence-electron chi connectivity index (χ4n) is 3.47. The van der Waals surface area contributed by atoms with Crippen LogP contribution in [0.2, 0.25) is 0 Å². The van der Waals surface area contributed by atoms with Crippen LogP contribution in [0.5, 0.6) is 5.75 Å². The van der Waals surface area contributed by atoms with Crippen LogP contribution in [0, 0.1) is 6.92 Å². The van der Waals surface area contributed by atoms with Crippen LogP contribution in [0.3, 0.4) is 0 Å². The van der Waals surface area contributed by atoms with Crippen LogP contribution in [0.15, 0.2) is 40.1 Å². The van der Waals surface area contributed by atoms with E-state index in [1.54, 1.807) is 45.2 Å². The summed E-state index contributed by atoms with van der Waals surface area (Å²) in [7, 11) is 1.54. The number of methoxy groups -OCH3 is 1. The van der Waals surface area contributed by atoms with Crippen LogP contribution < -0.4 is 15.4 Å². The van der Waals surface area contributed by atoms with Gasteiger partial charge in [0.15, 0.2) is 5.76 Å². The van der Waals surface area contributed by atoms with Gasteiger partial charge in [0.25, 0.3) is 0 Å². The summed E-state index contributed by atoms with van der Waals surface area (Å²) in [6.07, 6.45) is 0. The van der Waals surface area contributed by atoms with Gasteiger partial charge in [0.1, 0.15) is 17.9 Å². The maximum atomic E-state index is 12.8. The monoisotopic (exact) mass is 457 g/mol. The molecule has 176 valence electrons. The van der Waals surface area contributed by atoms with Gasteiger partial charge in [-0.25, -0.2) is 14.4 Å². The summed E-state index contributed by atoms with van der Waals surface area (Å²) in [5, 5.41) is 9.14. The molecule has 2 amide bonds. The molecule has 0 spiro atoms. The van der Waals surface area contributed by atoms with E-state index in [1.807, 2.05) is 13.8 Å². The molecule has 2 aromatic rings. The Kier molecular flexibility index (Phi) is 7.37. The Labute approximate surface area is 191 Å². The van der Waals surface area contributed by atoms with Crippen molar-refractivity contribution >= 4 is 18.0 Å². The predicted octanol–water partition coefficient (Wildman–Crippen LogP) is 3.14. The number of benzene rings is 1. The molecule has 1 atom stereocenters. The van der Waals surface area contributed by atoms with E-state index in [-0.39, 0.29) is 36.0 Å². The van der Waals surface area contributed by atoms with Gasteiger partial charge >= 0.3 is 18.0 Å². The number of esters is 2. The van der Waals surface area contributed by atoms with Crippen molar-refractivity contribution in [2.45, 2.75) is 39.7 Å². The average molecular weight is 457 g/mol. The molecule has 0 saturated heterocycles. The minimum atomic E-state index is -0.805. The number of hydrogen-bond donors (Lipinski definition) is 2. The molecule has 33 heavy (non-hydrogen) atoms. The van der Waals surface area contributed by atoms with E-state index >= 15 is 0 Å². The number of carbonyl (C=O) groups is 3. The first-order chi connectivity index (χ1) is 15.8. The smallest absolute Gasteiger partial charge is 0.344 e. The minimum Gasteiger partial charge on any atom is -0.497 e. The van der Waals surface area contributed by atoms with E-state index < -0.39 is 24.0 Å². The number of carbonyl (C=O) groups excluding carboxylic acids is 3. The molecule has 0 aliphatic carbocycles. The Morgan fingerprint density at radius 1 is 1.15 bits per heavy atom. The number of ether oxygens (including phenoxy) is 3. The number of hydrogen-bond acceptors (Lipinski definition) is 8. The molecule has 2 heterocycles. The van der Waals surface area contributed by atoms with E-state index in [0.29, 0.717) is 22.8 Å². The van der Waals surface area contributed by atoms with Gasteiger partial charge < -0.3 is 29.4 Å². The number of urea groups is 1. The number of nitrogens with one attached hydrogen (secondary N) is 2. The normalized spacial score (nSPS) is 15.7. The summed E-state index contributed by atoms with van der Waals surface area (Å²) < 4.78 is 21.1. The van der Waals surface area contributed by atoms with E-state index in [2.05, 4.69) is 15.8 Å². The summed E-state index contributed by atoms with van der Waals surface area (Å²) in [4.78, 5) is 38.0. The Hall–Kier alpha value is -3.82. The third-order valence-corrected chi connectivity index (χ3v) is 5.06. The molecule has 3 rings (SSSR count). The summed E-state index contributed by atoms with van der Waals surface area (Å²) >= 11 is 0. The highest BCUT2D eigenvalue weighted by atomic mass is 16.5. The molecule has 0 radical (unpaired) electrons. The Bertz CT molecular complexity index is 1070. The van der Waals surface area contributed by atoms with Crippen LogP contribution in [0.1, 0.15) is 60.1 Å². The lowest BCUT2D eigenvalue weighted by Crippen LogP contribution is -2.47. The highest BCUT2D eigenvalue weighted by Crippen LogP contribution is 2.30. The predicted molar refractivity (Wildman–Crippen MR) is 117 cm³/mol. The average Bonchev–Trinajstić information content (AvgIpc) is 3.19. The van der Waals surface area contributed by atoms with E-state index in [9.17, 15) is 14.4 Å². The first-order valence-electron chi connectivity index (χ1n) is 10.5. The fourth-order valence-corrected chi connectivity index (χ4v) is 3.47. The van der Waals surface area contributed by atoms with E-state index in [1.165, 1.54) is 0 Å². The van der Waals surface area contributed by atoms with Crippen molar-refractivity contribution in [3.8, 4) is 5.75 Å². The van der Waals surface area contributed by atoms with Crippen LogP contribution in [0.4, 0.5) is 4.79 Å². The molecule has 0 bridgehead atoms. The van der Waals surface area contributed by atoms with E-state index in [0.717, 1.165) is 0 Å². The lowest BCUT2D eigenvalue weighted by atomic mass is 9.95. The van der Waals surface area contributed by atoms with Gasteiger partial charge in [-0.2, -0.15) is 0 Å². The molecule has 1 aliphatic heterocycles. The van der Waals surface area contributed by atoms with Crippen LogP contribution in [0.25, 0.3) is 0 Å². The van der Waals surface area contributed by atoms with Crippen LogP contribution in [-0.4, -0.2) is 43.4 Å². The first kappa shape index (κ1) is 23.8. The first-order valence-corrected chi connectivity index (χ1v) is 10.5. The van der Waals surface area contributed by atoms with Gasteiger partial charge in [-0.15, -0.1) is 0 Å². The molecular weight excluding hydrogens is 430 g/mol. The van der Waals surface area contributed by atoms with Gasteiger partial charge in [-0.05, 0) is 31.5 Å². The molecule has 0 saturated carbocycles. The summed E-state index contributed by atoms with van der Waals surface area (Å²) in [6.45, 7) is 6.83. The quantitative estimate of drug-likeness (QED) is 0.579. The van der Waals surface area contributed by atoms with Crippen molar-refractivity contribution in [3.05, 3.63) is 58.1 Å². The number of aryl methyl sites for hydroxylation is 1. The van der Waals surface area contributed by atoms with Gasteiger partial charge in [0.2, 0.25) is 0 Å². The second-order valence-electron chi connectivity index (χ2n) is 7.66. The third kappa shape index (κ3) is 5.16. The Morgan fingerprint density at radius 3 is 2.45 bits per heavy atom. The van der Waals surface area contributed by atoms with Gasteiger partial charge in [0, 0.05) is 5.92 Å². The highest BCUT2D eigenvalue weighted by Gasteiger charge is 2.34. The van der Waals surface area contributed by atoms with Gasteiger partial charge in [0.05, 0.1) is 36.7 Å². The summed E-state index contributed by atoms with van der Waals surface area (Å²) in [5.74, 6) is -0.355. The molecule has 0 unspecified atom stereocenters. The lowest BCUT2D eigenvalue weighted by molar-refractivity contribution is -0.139. The molecule has 2 N–H and O–H groups in total. The number of aromatic nitrogens is 1. The van der Waals surface area contributed by atoms with Crippen molar-refractivity contribution < 1.29 is 33.1 Å². The lowest BCUT2D eigenvalue weighted by Gasteiger charge is -2.29. The van der Waals surface area contributed by atoms with Crippen molar-refractivity contribution in [2.75, 3.05) is 20.3 Å². The van der Waals surface area contributed by atoms with Crippen molar-refractivity contribution in [1.82, 2.24) is 15.8 Å². The zero-order valence-corrected chi connectivity index (χ0v) is 19.2. The second-order valence-corrected chi connectivity index (χ2v) is 7.66. The van der Waals surface area contributed by atoms with Gasteiger partial charge in [-0.1, -0.05) is 31.1 Å². The zero-order chi connectivity index (χ0) is 24.1. The van der Waals surface area contributed by atoms with E-state index in [4.69, 9.17) is 18.7 Å². The fraction of sp³-hybridized carbons (Fsp3) is 0.391. The largest absolute Gasteiger partial charge is 0.497 e. The van der Waals surface area contributed by atoms with Crippen LogP contribution >= 0.6 is 0 Å². The SMILES string of the molecule is CCOC(=O)C1=C(COC(=O)c2c(C)noc2C(C)C)NC(=O)N[C@@H]1c1ccc(OC)cc1.